The predicted octanol–water partition coefficient (Wildman–Crippen LogP) is 3.84. The van der Waals surface area contributed by atoms with Gasteiger partial charge in [0.1, 0.15) is 0 Å². The van der Waals surface area contributed by atoms with Crippen molar-refractivity contribution in [2.45, 2.75) is 58.9 Å². The molecule has 0 bridgehead atoms. The molecule has 1 aliphatic rings. The summed E-state index contributed by atoms with van der Waals surface area (Å²) in [6, 6.07) is 0.872. The number of thiol groups is 1. The fourth-order valence-electron chi connectivity index (χ4n) is 2.76. The first-order chi connectivity index (χ1) is 7.67. The molecule has 0 aromatic heterocycles. The lowest BCUT2D eigenvalue weighted by Crippen LogP contribution is -2.40. The van der Waals surface area contributed by atoms with Crippen LogP contribution in [0.25, 0.3) is 0 Å². The Bertz CT molecular complexity index is 172. The molecular weight excluding hydrogens is 214 g/mol. The van der Waals surface area contributed by atoms with Crippen LogP contribution in [0.3, 0.4) is 0 Å². The van der Waals surface area contributed by atoms with Gasteiger partial charge in [-0.1, -0.05) is 40.0 Å². The first-order valence-corrected chi connectivity index (χ1v) is 7.65. The molecule has 1 nitrogen and oxygen atoms in total. The Morgan fingerprint density at radius 2 is 1.81 bits per heavy atom. The van der Waals surface area contributed by atoms with Gasteiger partial charge in [0.2, 0.25) is 0 Å². The van der Waals surface area contributed by atoms with Gasteiger partial charge in [0, 0.05) is 19.1 Å². The average Bonchev–Trinajstić information content (AvgIpc) is 2.76. The molecule has 1 aliphatic carbocycles. The third kappa shape index (κ3) is 4.67. The minimum absolute atomic E-state index is 0.780. The smallest absolute Gasteiger partial charge is 0.00954 e. The second-order valence-corrected chi connectivity index (χ2v) is 6.11. The van der Waals surface area contributed by atoms with Crippen LogP contribution >= 0.6 is 12.6 Å². The Morgan fingerprint density at radius 1 is 1.19 bits per heavy atom. The van der Waals surface area contributed by atoms with Gasteiger partial charge in [0.05, 0.1) is 0 Å². The third-order valence-corrected chi connectivity index (χ3v) is 4.29. The predicted molar refractivity (Wildman–Crippen MR) is 76.3 cm³/mol. The summed E-state index contributed by atoms with van der Waals surface area (Å²) in [5.41, 5.74) is 0. The van der Waals surface area contributed by atoms with E-state index in [1.54, 1.807) is 0 Å². The fraction of sp³-hybridized carbons (Fsp3) is 1.00. The molecular formula is C14H29NS. The summed E-state index contributed by atoms with van der Waals surface area (Å²) < 4.78 is 0. The van der Waals surface area contributed by atoms with Crippen molar-refractivity contribution in [2.24, 2.45) is 11.8 Å². The Kier molecular flexibility index (Phi) is 6.83. The van der Waals surface area contributed by atoms with E-state index < -0.39 is 0 Å². The third-order valence-electron chi connectivity index (χ3n) is 3.77. The van der Waals surface area contributed by atoms with Crippen LogP contribution in [0, 0.1) is 11.8 Å². The van der Waals surface area contributed by atoms with Crippen LogP contribution in [-0.2, 0) is 0 Å². The van der Waals surface area contributed by atoms with Crippen LogP contribution in [0.1, 0.15) is 52.9 Å². The van der Waals surface area contributed by atoms with Crippen LogP contribution in [0.5, 0.6) is 0 Å². The lowest BCUT2D eigenvalue weighted by Gasteiger charge is -2.33. The number of nitrogens with zero attached hydrogens (tertiary/aromatic N) is 1. The highest BCUT2D eigenvalue weighted by Gasteiger charge is 2.24. The van der Waals surface area contributed by atoms with E-state index in [0.717, 1.165) is 23.6 Å². The van der Waals surface area contributed by atoms with Crippen molar-refractivity contribution in [3.8, 4) is 0 Å². The zero-order valence-electron chi connectivity index (χ0n) is 11.3. The molecule has 1 unspecified atom stereocenters. The molecule has 1 fully saturated rings. The Balaban J connectivity index is 2.48. The van der Waals surface area contributed by atoms with E-state index in [2.05, 4.69) is 38.3 Å². The first kappa shape index (κ1) is 14.4. The molecule has 0 aliphatic heterocycles. The van der Waals surface area contributed by atoms with E-state index >= 15 is 0 Å². The van der Waals surface area contributed by atoms with Crippen molar-refractivity contribution in [1.29, 1.82) is 0 Å². The van der Waals surface area contributed by atoms with Gasteiger partial charge in [-0.25, -0.2) is 0 Å². The van der Waals surface area contributed by atoms with Crippen LogP contribution in [0.4, 0.5) is 0 Å². The highest BCUT2D eigenvalue weighted by Crippen LogP contribution is 2.25. The Labute approximate surface area is 107 Å². The zero-order valence-corrected chi connectivity index (χ0v) is 12.2. The molecule has 0 radical (unpaired) electrons. The van der Waals surface area contributed by atoms with Crippen LogP contribution in [0.15, 0.2) is 0 Å². The second kappa shape index (κ2) is 7.60. The molecule has 16 heavy (non-hydrogen) atoms. The summed E-state index contributed by atoms with van der Waals surface area (Å²) in [5.74, 6) is 2.61. The summed E-state index contributed by atoms with van der Waals surface area (Å²) in [7, 11) is 0. The van der Waals surface area contributed by atoms with Gasteiger partial charge in [0.15, 0.2) is 0 Å². The van der Waals surface area contributed by atoms with Gasteiger partial charge in [-0.15, -0.1) is 0 Å². The van der Waals surface area contributed by atoms with Gasteiger partial charge >= 0.3 is 0 Å². The van der Waals surface area contributed by atoms with E-state index in [4.69, 9.17) is 0 Å². The summed E-state index contributed by atoms with van der Waals surface area (Å²) in [4.78, 5) is 2.75. The van der Waals surface area contributed by atoms with Crippen molar-refractivity contribution in [2.75, 3.05) is 18.8 Å². The maximum absolute atomic E-state index is 4.48. The number of hydrogen-bond acceptors (Lipinski definition) is 2. The van der Waals surface area contributed by atoms with E-state index in [0.29, 0.717) is 0 Å². The molecule has 0 aromatic rings. The minimum atomic E-state index is 0.780. The van der Waals surface area contributed by atoms with Crippen molar-refractivity contribution < 1.29 is 0 Å². The standard InChI is InChI=1S/C14H29NS/c1-4-13(11-16)10-15(9-12(2)3)14-7-5-6-8-14/h12-14,16H,4-11H2,1-3H3. The Morgan fingerprint density at radius 3 is 2.25 bits per heavy atom. The SMILES string of the molecule is CCC(CS)CN(CC(C)C)C1CCCC1. The summed E-state index contributed by atoms with van der Waals surface area (Å²) in [5, 5.41) is 0. The number of hydrogen-bond donors (Lipinski definition) is 1. The van der Waals surface area contributed by atoms with Crippen molar-refractivity contribution >= 4 is 12.6 Å². The maximum Gasteiger partial charge on any atom is 0.00954 e. The molecule has 2 heteroatoms. The van der Waals surface area contributed by atoms with Crippen molar-refractivity contribution in [1.82, 2.24) is 4.90 Å². The Hall–Kier alpha value is 0.310. The molecule has 0 N–H and O–H groups in total. The van der Waals surface area contributed by atoms with Gasteiger partial charge < -0.3 is 0 Å². The molecule has 0 aromatic carbocycles. The van der Waals surface area contributed by atoms with Gasteiger partial charge in [-0.2, -0.15) is 12.6 Å². The van der Waals surface area contributed by atoms with Crippen LogP contribution in [-0.4, -0.2) is 29.8 Å². The van der Waals surface area contributed by atoms with E-state index in [9.17, 15) is 0 Å². The summed E-state index contributed by atoms with van der Waals surface area (Å²) in [6.45, 7) is 9.51. The largest absolute Gasteiger partial charge is 0.300 e. The molecule has 0 heterocycles. The molecule has 0 spiro atoms. The van der Waals surface area contributed by atoms with E-state index in [1.807, 2.05) is 0 Å². The molecule has 1 rings (SSSR count). The average molecular weight is 243 g/mol. The van der Waals surface area contributed by atoms with Gasteiger partial charge in [0.25, 0.3) is 0 Å². The van der Waals surface area contributed by atoms with Gasteiger partial charge in [-0.05, 0) is 30.4 Å². The minimum Gasteiger partial charge on any atom is -0.300 e. The van der Waals surface area contributed by atoms with Crippen LogP contribution in [0.2, 0.25) is 0 Å². The highest BCUT2D eigenvalue weighted by molar-refractivity contribution is 7.80. The molecule has 0 saturated heterocycles. The maximum atomic E-state index is 4.48. The number of rotatable bonds is 7. The topological polar surface area (TPSA) is 3.24 Å². The van der Waals surface area contributed by atoms with Crippen molar-refractivity contribution in [3.63, 3.8) is 0 Å². The second-order valence-electron chi connectivity index (χ2n) is 5.74. The van der Waals surface area contributed by atoms with Crippen LogP contribution < -0.4 is 0 Å². The summed E-state index contributed by atoms with van der Waals surface area (Å²) in [6.07, 6.45) is 7.00. The highest BCUT2D eigenvalue weighted by atomic mass is 32.1. The molecule has 1 atom stereocenters. The van der Waals surface area contributed by atoms with E-state index in [1.165, 1.54) is 45.2 Å². The molecule has 1 saturated carbocycles. The van der Waals surface area contributed by atoms with Crippen molar-refractivity contribution in [3.05, 3.63) is 0 Å². The summed E-state index contributed by atoms with van der Waals surface area (Å²) >= 11 is 4.48. The zero-order chi connectivity index (χ0) is 12.0. The normalized spacial score (nSPS) is 19.9. The monoisotopic (exact) mass is 243 g/mol. The lowest BCUT2D eigenvalue weighted by molar-refractivity contribution is 0.154. The molecule has 96 valence electrons. The first-order valence-electron chi connectivity index (χ1n) is 7.02. The fourth-order valence-corrected chi connectivity index (χ4v) is 3.13. The molecule has 0 amide bonds. The van der Waals surface area contributed by atoms with Gasteiger partial charge in [-0.3, -0.25) is 4.90 Å². The quantitative estimate of drug-likeness (QED) is 0.665. The lowest BCUT2D eigenvalue weighted by atomic mass is 10.0. The van der Waals surface area contributed by atoms with E-state index in [-0.39, 0.29) is 0 Å².